The van der Waals surface area contributed by atoms with Crippen LogP contribution in [-0.2, 0) is 21.3 Å². The molecule has 0 aliphatic heterocycles. The number of amides is 1. The first-order valence-electron chi connectivity index (χ1n) is 6.39. The van der Waals surface area contributed by atoms with E-state index < -0.39 is 0 Å². The minimum absolute atomic E-state index is 0.0387. The van der Waals surface area contributed by atoms with Crippen LogP contribution in [0, 0.1) is 5.92 Å². The van der Waals surface area contributed by atoms with Gasteiger partial charge in [0.25, 0.3) is 0 Å². The Balaban J connectivity index is 2.51. The Morgan fingerprint density at radius 2 is 2.21 bits per heavy atom. The number of hydrogen-bond acceptors (Lipinski definition) is 4. The Bertz CT molecular complexity index is 390. The van der Waals surface area contributed by atoms with Crippen molar-refractivity contribution < 1.29 is 14.3 Å². The van der Waals surface area contributed by atoms with E-state index in [2.05, 4.69) is 10.3 Å². The van der Waals surface area contributed by atoms with Crippen molar-refractivity contribution in [2.45, 2.75) is 19.9 Å². The largest absolute Gasteiger partial charge is 0.382 e. The number of carbonyl (C=O) groups is 1. The van der Waals surface area contributed by atoms with Gasteiger partial charge in [0.05, 0.1) is 19.3 Å². The highest BCUT2D eigenvalue weighted by molar-refractivity contribution is 5.77. The minimum atomic E-state index is -0.141. The number of aryl methyl sites for hydroxylation is 1. The topological polar surface area (TPSA) is 65.4 Å². The molecule has 1 amide bonds. The zero-order valence-electron chi connectivity index (χ0n) is 12.0. The second-order valence-electron chi connectivity index (χ2n) is 4.73. The molecule has 1 unspecified atom stereocenters. The lowest BCUT2D eigenvalue weighted by atomic mass is 10.0. The fourth-order valence-corrected chi connectivity index (χ4v) is 1.73. The molecule has 0 radical (unpaired) electrons. The number of aromatic nitrogens is 2. The average molecular weight is 269 g/mol. The number of hydrogen-bond donors (Lipinski definition) is 1. The number of imidazole rings is 1. The van der Waals surface area contributed by atoms with E-state index in [1.807, 2.05) is 31.7 Å². The molecule has 0 spiro atoms. The molecule has 1 atom stereocenters. The molecule has 0 aliphatic rings. The number of nitrogens with zero attached hydrogens (tertiary/aromatic N) is 2. The maximum absolute atomic E-state index is 11.8. The van der Waals surface area contributed by atoms with Gasteiger partial charge in [0.1, 0.15) is 12.4 Å². The van der Waals surface area contributed by atoms with Crippen LogP contribution in [0.3, 0.4) is 0 Å². The lowest BCUT2D eigenvalue weighted by Crippen LogP contribution is -2.36. The lowest BCUT2D eigenvalue weighted by molar-refractivity contribution is -0.127. The smallest absolute Gasteiger partial charge is 0.246 e. The molecule has 6 heteroatoms. The second-order valence-corrected chi connectivity index (χ2v) is 4.73. The van der Waals surface area contributed by atoms with Gasteiger partial charge in [-0.3, -0.25) is 4.79 Å². The molecule has 0 fully saturated rings. The van der Waals surface area contributed by atoms with Crippen LogP contribution in [0.25, 0.3) is 0 Å². The van der Waals surface area contributed by atoms with Gasteiger partial charge in [-0.05, 0) is 5.92 Å². The van der Waals surface area contributed by atoms with Gasteiger partial charge >= 0.3 is 0 Å². The van der Waals surface area contributed by atoms with Gasteiger partial charge in [0.2, 0.25) is 5.91 Å². The highest BCUT2D eigenvalue weighted by Gasteiger charge is 2.21. The van der Waals surface area contributed by atoms with Crippen molar-refractivity contribution in [2.75, 3.05) is 26.9 Å². The Hall–Kier alpha value is -1.40. The summed E-state index contributed by atoms with van der Waals surface area (Å²) in [5, 5.41) is 2.95. The van der Waals surface area contributed by atoms with Crippen molar-refractivity contribution in [1.29, 1.82) is 0 Å². The fraction of sp³-hybridized carbons (Fsp3) is 0.692. The van der Waals surface area contributed by atoms with Gasteiger partial charge in [0, 0.05) is 26.6 Å². The van der Waals surface area contributed by atoms with E-state index in [0.717, 1.165) is 5.82 Å². The number of carbonyl (C=O) groups excluding carboxylic acids is 1. The van der Waals surface area contributed by atoms with E-state index in [0.29, 0.717) is 13.2 Å². The van der Waals surface area contributed by atoms with Gasteiger partial charge in [-0.25, -0.2) is 4.98 Å². The molecule has 1 aromatic rings. The zero-order valence-corrected chi connectivity index (χ0v) is 12.0. The Labute approximate surface area is 114 Å². The Morgan fingerprint density at radius 3 is 2.74 bits per heavy atom. The van der Waals surface area contributed by atoms with E-state index in [4.69, 9.17) is 9.47 Å². The van der Waals surface area contributed by atoms with E-state index in [1.54, 1.807) is 13.3 Å². The van der Waals surface area contributed by atoms with Crippen LogP contribution < -0.4 is 5.32 Å². The molecule has 6 nitrogen and oxygen atoms in total. The van der Waals surface area contributed by atoms with Gasteiger partial charge in [-0.15, -0.1) is 0 Å². The SMILES string of the molecule is COCCOCC(=O)NC(c1nccn1C)C(C)C. The van der Waals surface area contributed by atoms with E-state index in [9.17, 15) is 4.79 Å². The minimum Gasteiger partial charge on any atom is -0.382 e. The van der Waals surface area contributed by atoms with Crippen LogP contribution in [0.5, 0.6) is 0 Å². The van der Waals surface area contributed by atoms with Crippen molar-refractivity contribution in [2.24, 2.45) is 13.0 Å². The third-order valence-electron chi connectivity index (χ3n) is 2.78. The van der Waals surface area contributed by atoms with Crippen LogP contribution in [0.15, 0.2) is 12.4 Å². The average Bonchev–Trinajstić information content (AvgIpc) is 2.77. The van der Waals surface area contributed by atoms with Crippen molar-refractivity contribution in [3.63, 3.8) is 0 Å². The maximum Gasteiger partial charge on any atom is 0.246 e. The third-order valence-corrected chi connectivity index (χ3v) is 2.78. The number of rotatable bonds is 8. The monoisotopic (exact) mass is 269 g/mol. The summed E-state index contributed by atoms with van der Waals surface area (Å²) in [5.74, 6) is 0.960. The summed E-state index contributed by atoms with van der Waals surface area (Å²) >= 11 is 0. The maximum atomic E-state index is 11.8. The number of ether oxygens (including phenoxy) is 2. The van der Waals surface area contributed by atoms with E-state index in [1.165, 1.54) is 0 Å². The summed E-state index contributed by atoms with van der Waals surface area (Å²) in [5.41, 5.74) is 0. The first kappa shape index (κ1) is 15.7. The lowest BCUT2D eigenvalue weighted by Gasteiger charge is -2.22. The number of nitrogens with one attached hydrogen (secondary N) is 1. The molecular weight excluding hydrogens is 246 g/mol. The molecule has 108 valence electrons. The molecular formula is C13H23N3O3. The van der Waals surface area contributed by atoms with Crippen LogP contribution in [0.1, 0.15) is 25.7 Å². The normalized spacial score (nSPS) is 12.7. The summed E-state index contributed by atoms with van der Waals surface area (Å²) < 4.78 is 12.0. The Kier molecular flexibility index (Phi) is 6.52. The standard InChI is InChI=1S/C13H23N3O3/c1-10(2)12(13-14-5-6-16(13)3)15-11(17)9-19-8-7-18-4/h5-6,10,12H,7-9H2,1-4H3,(H,15,17). The van der Waals surface area contributed by atoms with Crippen molar-refractivity contribution in [3.05, 3.63) is 18.2 Å². The third kappa shape index (κ3) is 5.00. The van der Waals surface area contributed by atoms with Gasteiger partial charge in [0.15, 0.2) is 0 Å². The van der Waals surface area contributed by atoms with Gasteiger partial charge < -0.3 is 19.4 Å². The molecule has 0 saturated carbocycles. The molecule has 0 saturated heterocycles. The van der Waals surface area contributed by atoms with E-state index >= 15 is 0 Å². The highest BCUT2D eigenvalue weighted by Crippen LogP contribution is 2.19. The van der Waals surface area contributed by atoms with Crippen LogP contribution >= 0.6 is 0 Å². The second kappa shape index (κ2) is 7.91. The molecule has 1 rings (SSSR count). The summed E-state index contributed by atoms with van der Waals surface area (Å²) in [6.45, 7) is 5.03. The zero-order chi connectivity index (χ0) is 14.3. The molecule has 0 bridgehead atoms. The van der Waals surface area contributed by atoms with Gasteiger partial charge in [-0.2, -0.15) is 0 Å². The first-order valence-corrected chi connectivity index (χ1v) is 6.39. The molecule has 1 heterocycles. The summed E-state index contributed by atoms with van der Waals surface area (Å²) in [6, 6.07) is -0.112. The Morgan fingerprint density at radius 1 is 1.47 bits per heavy atom. The first-order chi connectivity index (χ1) is 9.06. The molecule has 0 aliphatic carbocycles. The predicted molar refractivity (Wildman–Crippen MR) is 71.6 cm³/mol. The van der Waals surface area contributed by atoms with Crippen LogP contribution in [0.2, 0.25) is 0 Å². The van der Waals surface area contributed by atoms with Crippen molar-refractivity contribution >= 4 is 5.91 Å². The molecule has 1 N–H and O–H groups in total. The summed E-state index contributed by atoms with van der Waals surface area (Å²) in [4.78, 5) is 16.1. The molecule has 0 aromatic carbocycles. The predicted octanol–water partition coefficient (Wildman–Crippen LogP) is 0.896. The van der Waals surface area contributed by atoms with Crippen molar-refractivity contribution in [3.8, 4) is 0 Å². The molecule has 1 aromatic heterocycles. The van der Waals surface area contributed by atoms with Gasteiger partial charge in [-0.1, -0.05) is 13.8 Å². The summed E-state index contributed by atoms with van der Waals surface area (Å²) in [7, 11) is 3.51. The fourth-order valence-electron chi connectivity index (χ4n) is 1.73. The number of methoxy groups -OCH3 is 1. The highest BCUT2D eigenvalue weighted by atomic mass is 16.5. The van der Waals surface area contributed by atoms with Crippen LogP contribution in [-0.4, -0.2) is 42.4 Å². The van der Waals surface area contributed by atoms with Crippen molar-refractivity contribution in [1.82, 2.24) is 14.9 Å². The summed E-state index contributed by atoms with van der Waals surface area (Å²) in [6.07, 6.45) is 3.60. The quantitative estimate of drug-likeness (QED) is 0.712. The van der Waals surface area contributed by atoms with Crippen LogP contribution in [0.4, 0.5) is 0 Å². The molecule has 19 heavy (non-hydrogen) atoms. The van der Waals surface area contributed by atoms with E-state index in [-0.39, 0.29) is 24.5 Å².